The van der Waals surface area contributed by atoms with E-state index in [1.54, 1.807) is 22.8 Å². The SMILES string of the molecule is Cc1c(CNC2CCCCC2)cc(-c2ccc(Cl)cc2)n1-c1ccccc1C(F)(F)F. The summed E-state index contributed by atoms with van der Waals surface area (Å²) in [6, 6.07) is 15.4. The number of nitrogens with zero attached hydrogens (tertiary/aromatic N) is 1. The second kappa shape index (κ2) is 9.09. The molecule has 6 heteroatoms. The predicted molar refractivity (Wildman–Crippen MR) is 120 cm³/mol. The third-order valence-corrected chi connectivity index (χ3v) is 6.38. The molecule has 1 aliphatic rings. The molecule has 1 aliphatic carbocycles. The second-order valence-corrected chi connectivity index (χ2v) is 8.65. The standard InChI is InChI=1S/C25H26ClF3N2/c1-17-19(16-30-21-7-3-2-4-8-21)15-24(18-11-13-20(26)14-12-18)31(17)23-10-6-5-9-22(23)25(27,28)29/h5-6,9-15,21,30H,2-4,7-8,16H2,1H3. The minimum atomic E-state index is -4.44. The lowest BCUT2D eigenvalue weighted by Crippen LogP contribution is -2.30. The van der Waals surface area contributed by atoms with Gasteiger partial charge >= 0.3 is 6.18 Å². The van der Waals surface area contributed by atoms with Crippen LogP contribution < -0.4 is 5.32 Å². The molecule has 0 radical (unpaired) electrons. The average Bonchev–Trinajstić information content (AvgIpc) is 3.09. The molecule has 1 N–H and O–H groups in total. The van der Waals surface area contributed by atoms with Crippen molar-refractivity contribution >= 4 is 11.6 Å². The first-order valence-corrected chi connectivity index (χ1v) is 11.1. The first-order valence-electron chi connectivity index (χ1n) is 10.7. The van der Waals surface area contributed by atoms with Gasteiger partial charge in [0, 0.05) is 23.3 Å². The normalized spacial score (nSPS) is 15.4. The third-order valence-electron chi connectivity index (χ3n) is 6.13. The van der Waals surface area contributed by atoms with E-state index in [1.807, 2.05) is 25.1 Å². The maximum atomic E-state index is 13.8. The minimum absolute atomic E-state index is 0.140. The van der Waals surface area contributed by atoms with E-state index >= 15 is 0 Å². The molecule has 0 unspecified atom stereocenters. The highest BCUT2D eigenvalue weighted by molar-refractivity contribution is 6.30. The van der Waals surface area contributed by atoms with Crippen LogP contribution in [-0.4, -0.2) is 10.6 Å². The summed E-state index contributed by atoms with van der Waals surface area (Å²) in [5.41, 5.74) is 2.87. The molecule has 0 bridgehead atoms. The van der Waals surface area contributed by atoms with Crippen molar-refractivity contribution < 1.29 is 13.2 Å². The van der Waals surface area contributed by atoms with Crippen LogP contribution in [0, 0.1) is 6.92 Å². The van der Waals surface area contributed by atoms with Crippen molar-refractivity contribution in [2.45, 2.75) is 57.8 Å². The minimum Gasteiger partial charge on any atom is -0.313 e. The molecule has 1 heterocycles. The second-order valence-electron chi connectivity index (χ2n) is 8.21. The number of benzene rings is 2. The van der Waals surface area contributed by atoms with E-state index in [0.29, 0.717) is 17.6 Å². The first-order chi connectivity index (χ1) is 14.8. The van der Waals surface area contributed by atoms with Crippen molar-refractivity contribution in [1.82, 2.24) is 9.88 Å². The number of nitrogens with one attached hydrogen (secondary N) is 1. The van der Waals surface area contributed by atoms with Gasteiger partial charge < -0.3 is 9.88 Å². The lowest BCUT2D eigenvalue weighted by atomic mass is 9.95. The molecule has 0 saturated heterocycles. The van der Waals surface area contributed by atoms with Crippen LogP contribution in [0.5, 0.6) is 0 Å². The Labute approximate surface area is 186 Å². The first kappa shape index (κ1) is 22.0. The molecule has 1 aromatic heterocycles. The highest BCUT2D eigenvalue weighted by Crippen LogP contribution is 2.38. The van der Waals surface area contributed by atoms with E-state index in [1.165, 1.54) is 31.4 Å². The van der Waals surface area contributed by atoms with Gasteiger partial charge in [0.05, 0.1) is 16.9 Å². The number of alkyl halides is 3. The van der Waals surface area contributed by atoms with Gasteiger partial charge in [-0.15, -0.1) is 0 Å². The molecule has 0 aliphatic heterocycles. The molecule has 0 spiro atoms. The highest BCUT2D eigenvalue weighted by atomic mass is 35.5. The van der Waals surface area contributed by atoms with E-state index in [-0.39, 0.29) is 5.69 Å². The predicted octanol–water partition coefficient (Wildman–Crippen LogP) is 7.55. The topological polar surface area (TPSA) is 17.0 Å². The van der Waals surface area contributed by atoms with Crippen LogP contribution in [0.2, 0.25) is 5.02 Å². The van der Waals surface area contributed by atoms with Crippen LogP contribution in [0.15, 0.2) is 54.6 Å². The molecule has 0 atom stereocenters. The van der Waals surface area contributed by atoms with E-state index in [2.05, 4.69) is 5.32 Å². The summed E-state index contributed by atoms with van der Waals surface area (Å²) in [6.45, 7) is 2.53. The zero-order valence-electron chi connectivity index (χ0n) is 17.5. The van der Waals surface area contributed by atoms with Crippen LogP contribution in [0.25, 0.3) is 16.9 Å². The summed E-state index contributed by atoms with van der Waals surface area (Å²) in [7, 11) is 0. The Bertz CT molecular complexity index is 1030. The van der Waals surface area contributed by atoms with Gasteiger partial charge in [-0.3, -0.25) is 0 Å². The van der Waals surface area contributed by atoms with Gasteiger partial charge in [-0.2, -0.15) is 13.2 Å². The fourth-order valence-corrected chi connectivity index (χ4v) is 4.58. The van der Waals surface area contributed by atoms with Gasteiger partial charge in [-0.05, 0) is 61.2 Å². The van der Waals surface area contributed by atoms with Crippen LogP contribution in [0.4, 0.5) is 13.2 Å². The quantitative estimate of drug-likeness (QED) is 0.428. The van der Waals surface area contributed by atoms with Crippen LogP contribution in [0.1, 0.15) is 48.9 Å². The molecule has 2 aromatic carbocycles. The molecule has 1 fully saturated rings. The lowest BCUT2D eigenvalue weighted by molar-refractivity contribution is -0.137. The number of para-hydroxylation sites is 1. The Kier molecular flexibility index (Phi) is 6.44. The number of hydrogen-bond donors (Lipinski definition) is 1. The Hall–Kier alpha value is -2.24. The third kappa shape index (κ3) is 4.83. The molecule has 164 valence electrons. The van der Waals surface area contributed by atoms with E-state index < -0.39 is 11.7 Å². The van der Waals surface area contributed by atoms with Crippen molar-refractivity contribution in [3.63, 3.8) is 0 Å². The zero-order valence-corrected chi connectivity index (χ0v) is 18.2. The number of hydrogen-bond acceptors (Lipinski definition) is 1. The maximum absolute atomic E-state index is 13.8. The van der Waals surface area contributed by atoms with Crippen molar-refractivity contribution in [2.24, 2.45) is 0 Å². The molecule has 4 rings (SSSR count). The largest absolute Gasteiger partial charge is 0.418 e. The highest BCUT2D eigenvalue weighted by Gasteiger charge is 2.34. The van der Waals surface area contributed by atoms with Crippen LogP contribution >= 0.6 is 11.6 Å². The zero-order chi connectivity index (χ0) is 22.0. The van der Waals surface area contributed by atoms with Crippen molar-refractivity contribution in [3.8, 4) is 16.9 Å². The van der Waals surface area contributed by atoms with Crippen LogP contribution in [0.3, 0.4) is 0 Å². The van der Waals surface area contributed by atoms with Gasteiger partial charge in [-0.25, -0.2) is 0 Å². The smallest absolute Gasteiger partial charge is 0.313 e. The Morgan fingerprint density at radius 2 is 1.68 bits per heavy atom. The monoisotopic (exact) mass is 446 g/mol. The molecule has 2 nitrogen and oxygen atoms in total. The molecule has 31 heavy (non-hydrogen) atoms. The summed E-state index contributed by atoms with van der Waals surface area (Å²) in [4.78, 5) is 0. The van der Waals surface area contributed by atoms with Gasteiger partial charge in [-0.1, -0.05) is 55.1 Å². The van der Waals surface area contributed by atoms with Gasteiger partial charge in [0.1, 0.15) is 0 Å². The summed E-state index contributed by atoms with van der Waals surface area (Å²) in [5.74, 6) is 0. The molecular weight excluding hydrogens is 421 g/mol. The van der Waals surface area contributed by atoms with Gasteiger partial charge in [0.25, 0.3) is 0 Å². The Balaban J connectivity index is 1.79. The summed E-state index contributed by atoms with van der Waals surface area (Å²) < 4.78 is 43.1. The number of rotatable bonds is 5. The fraction of sp³-hybridized carbons (Fsp3) is 0.360. The van der Waals surface area contributed by atoms with Crippen molar-refractivity contribution in [3.05, 3.63) is 76.4 Å². The Morgan fingerprint density at radius 3 is 2.35 bits per heavy atom. The fourth-order valence-electron chi connectivity index (χ4n) is 4.45. The molecule has 0 amide bonds. The average molecular weight is 447 g/mol. The maximum Gasteiger partial charge on any atom is 0.418 e. The van der Waals surface area contributed by atoms with Crippen molar-refractivity contribution in [2.75, 3.05) is 0 Å². The summed E-state index contributed by atoms with van der Waals surface area (Å²) in [6.07, 6.45) is 1.61. The summed E-state index contributed by atoms with van der Waals surface area (Å²) in [5, 5.41) is 4.21. The van der Waals surface area contributed by atoms with E-state index in [0.717, 1.165) is 41.4 Å². The summed E-state index contributed by atoms with van der Waals surface area (Å²) >= 11 is 6.05. The lowest BCUT2D eigenvalue weighted by Gasteiger charge is -2.23. The Morgan fingerprint density at radius 1 is 1.00 bits per heavy atom. The molecular formula is C25H26ClF3N2. The molecule has 3 aromatic rings. The molecule has 1 saturated carbocycles. The number of halogens is 4. The van der Waals surface area contributed by atoms with E-state index in [9.17, 15) is 13.2 Å². The van der Waals surface area contributed by atoms with Gasteiger partial charge in [0.15, 0.2) is 0 Å². The van der Waals surface area contributed by atoms with Gasteiger partial charge in [0.2, 0.25) is 0 Å². The van der Waals surface area contributed by atoms with Crippen molar-refractivity contribution in [1.29, 1.82) is 0 Å². The number of aromatic nitrogens is 1. The van der Waals surface area contributed by atoms with E-state index in [4.69, 9.17) is 11.6 Å². The van der Waals surface area contributed by atoms with Crippen LogP contribution in [-0.2, 0) is 12.7 Å².